The van der Waals surface area contributed by atoms with Crippen LogP contribution in [0.5, 0.6) is 0 Å². The summed E-state index contributed by atoms with van der Waals surface area (Å²) in [5.41, 5.74) is 0. The smallest absolute Gasteiger partial charge is 0.306 e. The van der Waals surface area contributed by atoms with E-state index in [9.17, 15) is 14.4 Å². The highest BCUT2D eigenvalue weighted by molar-refractivity contribution is 5.71. The maximum absolute atomic E-state index is 13.0. The molecule has 1 unspecified atom stereocenters. The van der Waals surface area contributed by atoms with Gasteiger partial charge in [0.1, 0.15) is 13.2 Å². The molecule has 0 aromatic heterocycles. The number of unbranched alkanes of at least 4 members (excludes halogenated alkanes) is 59. The zero-order chi connectivity index (χ0) is 59.9. The van der Waals surface area contributed by atoms with E-state index in [2.05, 4.69) is 32.9 Å². The van der Waals surface area contributed by atoms with Gasteiger partial charge in [0, 0.05) is 19.3 Å². The van der Waals surface area contributed by atoms with E-state index in [4.69, 9.17) is 14.2 Å². The average molecular weight is 1170 g/mol. The molecule has 0 saturated carbocycles. The Bertz CT molecular complexity index is 1300. The molecule has 0 aliphatic carbocycles. The van der Waals surface area contributed by atoms with E-state index >= 15 is 0 Å². The first-order valence-corrected chi connectivity index (χ1v) is 38.2. The summed E-state index contributed by atoms with van der Waals surface area (Å²) in [7, 11) is 0. The van der Waals surface area contributed by atoms with Crippen molar-refractivity contribution in [1.29, 1.82) is 0 Å². The maximum atomic E-state index is 13.0. The van der Waals surface area contributed by atoms with E-state index in [1.165, 1.54) is 347 Å². The van der Waals surface area contributed by atoms with Crippen molar-refractivity contribution < 1.29 is 28.6 Å². The number of esters is 3. The highest BCUT2D eigenvalue weighted by atomic mass is 16.6. The fourth-order valence-electron chi connectivity index (χ4n) is 12.0. The molecule has 0 aromatic rings. The number of carbonyl (C=O) groups excluding carboxylic acids is 3. The SMILES string of the molecule is CCCCCCCC/C=C\CCCCCCCCCC(=O)OC(COC(=O)CCCCCCCCCCCCCCCCCCC)COC(=O)CCCCCCCCCCCCCCCCCCCCCCCCCCCCCCCCC. The highest BCUT2D eigenvalue weighted by Gasteiger charge is 2.20. The zero-order valence-electron chi connectivity index (χ0n) is 56.8. The number of hydrogen-bond donors (Lipinski definition) is 0. The molecule has 0 radical (unpaired) electrons. The Balaban J connectivity index is 4.15. The van der Waals surface area contributed by atoms with Crippen LogP contribution in [0.15, 0.2) is 12.2 Å². The van der Waals surface area contributed by atoms with Gasteiger partial charge in [-0.2, -0.15) is 0 Å². The van der Waals surface area contributed by atoms with Gasteiger partial charge < -0.3 is 14.2 Å². The van der Waals surface area contributed by atoms with E-state index in [0.29, 0.717) is 19.3 Å². The van der Waals surface area contributed by atoms with E-state index in [1.54, 1.807) is 0 Å². The average Bonchev–Trinajstić information content (AvgIpc) is 3.50. The molecular weight excluding hydrogens is 1020 g/mol. The summed E-state index contributed by atoms with van der Waals surface area (Å²) in [5, 5.41) is 0. The summed E-state index contributed by atoms with van der Waals surface area (Å²) in [6, 6.07) is 0. The molecule has 0 saturated heterocycles. The molecule has 83 heavy (non-hydrogen) atoms. The topological polar surface area (TPSA) is 78.9 Å². The summed E-state index contributed by atoms with van der Waals surface area (Å²) < 4.78 is 17.0. The number of hydrogen-bond acceptors (Lipinski definition) is 6. The van der Waals surface area contributed by atoms with Crippen LogP contribution in [0.3, 0.4) is 0 Å². The fraction of sp³-hybridized carbons (Fsp3) is 0.935. The molecule has 0 rings (SSSR count). The minimum Gasteiger partial charge on any atom is -0.462 e. The maximum Gasteiger partial charge on any atom is 0.306 e. The third-order valence-corrected chi connectivity index (χ3v) is 17.8. The normalized spacial score (nSPS) is 12.0. The van der Waals surface area contributed by atoms with Crippen molar-refractivity contribution >= 4 is 17.9 Å². The third kappa shape index (κ3) is 70.8. The number of ether oxygens (including phenoxy) is 3. The van der Waals surface area contributed by atoms with Gasteiger partial charge in [0.15, 0.2) is 6.10 Å². The van der Waals surface area contributed by atoms with Crippen LogP contribution < -0.4 is 0 Å². The fourth-order valence-corrected chi connectivity index (χ4v) is 12.0. The molecule has 0 aliphatic rings. The first-order valence-electron chi connectivity index (χ1n) is 38.2. The van der Waals surface area contributed by atoms with Crippen LogP contribution in [-0.4, -0.2) is 37.2 Å². The Hall–Kier alpha value is -1.85. The van der Waals surface area contributed by atoms with E-state index in [-0.39, 0.29) is 31.1 Å². The number of allylic oxidation sites excluding steroid dienone is 2. The zero-order valence-corrected chi connectivity index (χ0v) is 56.8. The monoisotopic (exact) mass is 1170 g/mol. The van der Waals surface area contributed by atoms with Gasteiger partial charge in [-0.25, -0.2) is 0 Å². The van der Waals surface area contributed by atoms with Crippen LogP contribution in [0.4, 0.5) is 0 Å². The largest absolute Gasteiger partial charge is 0.462 e. The summed E-state index contributed by atoms with van der Waals surface area (Å²) in [5.74, 6) is -0.830. The predicted molar refractivity (Wildman–Crippen MR) is 363 cm³/mol. The molecule has 0 N–H and O–H groups in total. The lowest BCUT2D eigenvalue weighted by atomic mass is 10.0. The lowest BCUT2D eigenvalue weighted by molar-refractivity contribution is -0.167. The lowest BCUT2D eigenvalue weighted by Crippen LogP contribution is -2.30. The van der Waals surface area contributed by atoms with Crippen LogP contribution in [0.25, 0.3) is 0 Å². The van der Waals surface area contributed by atoms with Crippen molar-refractivity contribution in [3.8, 4) is 0 Å². The summed E-state index contributed by atoms with van der Waals surface area (Å²) in [6.45, 7) is 6.73. The second-order valence-corrected chi connectivity index (χ2v) is 26.3. The Kier molecular flexibility index (Phi) is 71.0. The van der Waals surface area contributed by atoms with Crippen LogP contribution in [0.2, 0.25) is 0 Å². The second-order valence-electron chi connectivity index (χ2n) is 26.3. The van der Waals surface area contributed by atoms with Crippen molar-refractivity contribution in [2.45, 2.75) is 451 Å². The molecule has 492 valence electrons. The molecule has 6 heteroatoms. The van der Waals surface area contributed by atoms with Crippen LogP contribution in [-0.2, 0) is 28.6 Å². The number of rotatable bonds is 72. The van der Waals surface area contributed by atoms with E-state index in [1.807, 2.05) is 0 Å². The minimum atomic E-state index is -0.769. The summed E-state index contributed by atoms with van der Waals surface area (Å²) >= 11 is 0. The quantitative estimate of drug-likeness (QED) is 0.0261. The lowest BCUT2D eigenvalue weighted by Gasteiger charge is -2.18. The van der Waals surface area contributed by atoms with Crippen molar-refractivity contribution in [2.24, 2.45) is 0 Å². The molecule has 0 bridgehead atoms. The predicted octanol–water partition coefficient (Wildman–Crippen LogP) is 26.3. The molecule has 0 fully saturated rings. The molecule has 0 heterocycles. The van der Waals surface area contributed by atoms with Crippen LogP contribution >= 0.6 is 0 Å². The molecule has 0 aliphatic heterocycles. The van der Waals surface area contributed by atoms with Crippen molar-refractivity contribution in [1.82, 2.24) is 0 Å². The minimum absolute atomic E-state index is 0.0647. The van der Waals surface area contributed by atoms with Gasteiger partial charge in [-0.15, -0.1) is 0 Å². The highest BCUT2D eigenvalue weighted by Crippen LogP contribution is 2.20. The van der Waals surface area contributed by atoms with Gasteiger partial charge in [-0.05, 0) is 44.9 Å². The van der Waals surface area contributed by atoms with Crippen molar-refractivity contribution in [2.75, 3.05) is 13.2 Å². The molecule has 6 nitrogen and oxygen atoms in total. The molecule has 1 atom stereocenters. The Morgan fingerprint density at radius 1 is 0.229 bits per heavy atom. The first-order chi connectivity index (χ1) is 41.0. The standard InChI is InChI=1S/C77H148O6/c1-4-7-10-13-16-19-22-25-28-31-32-33-34-35-36-37-38-39-40-41-42-43-44-47-49-52-55-58-61-64-67-70-76(79)82-73-74(83-77(80)71-68-65-62-59-56-53-50-46-30-27-24-21-18-15-12-9-6-3)72-81-75(78)69-66-63-60-57-54-51-48-45-29-26-23-20-17-14-11-8-5-2/h27,30,74H,4-26,28-29,31-73H2,1-3H3/b30-27-. The van der Waals surface area contributed by atoms with E-state index in [0.717, 1.165) is 57.8 Å². The molecule has 0 aromatic carbocycles. The molecular formula is C77H148O6. The summed E-state index contributed by atoms with van der Waals surface area (Å²) in [6.07, 6.45) is 88.4. The number of carbonyl (C=O) groups is 3. The van der Waals surface area contributed by atoms with Crippen molar-refractivity contribution in [3.05, 3.63) is 12.2 Å². The third-order valence-electron chi connectivity index (χ3n) is 17.8. The van der Waals surface area contributed by atoms with E-state index < -0.39 is 6.10 Å². The van der Waals surface area contributed by atoms with Gasteiger partial charge >= 0.3 is 17.9 Å². The van der Waals surface area contributed by atoms with Crippen LogP contribution in [0, 0.1) is 0 Å². The van der Waals surface area contributed by atoms with Gasteiger partial charge in [-0.3, -0.25) is 14.4 Å². The van der Waals surface area contributed by atoms with Gasteiger partial charge in [0.25, 0.3) is 0 Å². The Morgan fingerprint density at radius 3 is 0.602 bits per heavy atom. The van der Waals surface area contributed by atoms with Gasteiger partial charge in [0.05, 0.1) is 0 Å². The van der Waals surface area contributed by atoms with Gasteiger partial charge in [-0.1, -0.05) is 392 Å². The first kappa shape index (κ1) is 81.2. The Labute approximate surface area is 520 Å². The Morgan fingerprint density at radius 2 is 0.398 bits per heavy atom. The van der Waals surface area contributed by atoms with Crippen molar-refractivity contribution in [3.63, 3.8) is 0 Å². The molecule has 0 amide bonds. The second kappa shape index (κ2) is 72.6. The summed E-state index contributed by atoms with van der Waals surface area (Å²) in [4.78, 5) is 38.5. The molecule has 0 spiro atoms. The van der Waals surface area contributed by atoms with Gasteiger partial charge in [0.2, 0.25) is 0 Å². The van der Waals surface area contributed by atoms with Crippen LogP contribution in [0.1, 0.15) is 445 Å².